The summed E-state index contributed by atoms with van der Waals surface area (Å²) < 4.78 is 27.1. The van der Waals surface area contributed by atoms with E-state index in [9.17, 15) is 23.3 Å². The Bertz CT molecular complexity index is 992. The van der Waals surface area contributed by atoms with E-state index in [4.69, 9.17) is 0 Å². The number of hydrogen-bond acceptors (Lipinski definition) is 6. The second-order valence-corrected chi connectivity index (χ2v) is 9.51. The number of nitro benzene ring substituents is 1. The standard InChI is InChI=1S/C17H19N3O5S2/c1-12-3-5-14(20(22)23)11-16(12)27(24,25)19-9-7-18(8-10-19)17(21)15-6-4-13(2)26-15/h3-6,11H,7-10H2,1-2H3. The molecule has 2 aromatic rings. The van der Waals surface area contributed by atoms with Gasteiger partial charge in [0.25, 0.3) is 11.6 Å². The normalized spacial score (nSPS) is 15.7. The topological polar surface area (TPSA) is 101 Å². The Morgan fingerprint density at radius 1 is 1.11 bits per heavy atom. The molecule has 3 rings (SSSR count). The van der Waals surface area contributed by atoms with Gasteiger partial charge in [-0.05, 0) is 31.5 Å². The number of hydrogen-bond donors (Lipinski definition) is 0. The van der Waals surface area contributed by atoms with Gasteiger partial charge in [-0.3, -0.25) is 14.9 Å². The second-order valence-electron chi connectivity index (χ2n) is 6.31. The van der Waals surface area contributed by atoms with E-state index >= 15 is 0 Å². The van der Waals surface area contributed by atoms with Crippen molar-refractivity contribution in [3.8, 4) is 0 Å². The minimum Gasteiger partial charge on any atom is -0.335 e. The minimum absolute atomic E-state index is 0.0645. The molecule has 10 heteroatoms. The first-order valence-corrected chi connectivity index (χ1v) is 10.6. The number of thiophene rings is 1. The Kier molecular flexibility index (Phi) is 5.31. The highest BCUT2D eigenvalue weighted by molar-refractivity contribution is 7.89. The van der Waals surface area contributed by atoms with Gasteiger partial charge in [0.1, 0.15) is 0 Å². The van der Waals surface area contributed by atoms with E-state index in [1.807, 2.05) is 13.0 Å². The molecular formula is C17H19N3O5S2. The predicted molar refractivity (Wildman–Crippen MR) is 102 cm³/mol. The first-order chi connectivity index (χ1) is 12.7. The molecule has 0 spiro atoms. The first-order valence-electron chi connectivity index (χ1n) is 8.31. The van der Waals surface area contributed by atoms with Crippen LogP contribution in [0.1, 0.15) is 20.1 Å². The summed E-state index contributed by atoms with van der Waals surface area (Å²) in [7, 11) is -3.86. The van der Waals surface area contributed by atoms with E-state index < -0.39 is 14.9 Å². The number of non-ortho nitro benzene ring substituents is 1. The monoisotopic (exact) mass is 409 g/mol. The number of carbonyl (C=O) groups is 1. The van der Waals surface area contributed by atoms with Crippen LogP contribution in [0.15, 0.2) is 35.2 Å². The Labute approximate surface area is 161 Å². The van der Waals surface area contributed by atoms with Crippen LogP contribution in [0.3, 0.4) is 0 Å². The fourth-order valence-electron chi connectivity index (χ4n) is 2.96. The Balaban J connectivity index is 1.76. The summed E-state index contributed by atoms with van der Waals surface area (Å²) in [4.78, 5) is 26.1. The zero-order valence-electron chi connectivity index (χ0n) is 14.9. The van der Waals surface area contributed by atoms with Crippen molar-refractivity contribution in [2.75, 3.05) is 26.2 Å². The molecule has 144 valence electrons. The summed E-state index contributed by atoms with van der Waals surface area (Å²) in [5.74, 6) is -0.100. The lowest BCUT2D eigenvalue weighted by Gasteiger charge is -2.34. The van der Waals surface area contributed by atoms with Crippen LogP contribution >= 0.6 is 11.3 Å². The number of amides is 1. The third kappa shape index (κ3) is 3.87. The van der Waals surface area contributed by atoms with Gasteiger partial charge in [-0.1, -0.05) is 6.07 Å². The molecule has 1 aromatic carbocycles. The average molecular weight is 409 g/mol. The molecule has 1 amide bonds. The van der Waals surface area contributed by atoms with Crippen LogP contribution in [-0.4, -0.2) is 54.6 Å². The van der Waals surface area contributed by atoms with Crippen LogP contribution in [0, 0.1) is 24.0 Å². The quantitative estimate of drug-likeness (QED) is 0.570. The lowest BCUT2D eigenvalue weighted by Crippen LogP contribution is -2.50. The number of rotatable bonds is 4. The third-order valence-corrected chi connectivity index (χ3v) is 7.51. The molecule has 1 aliphatic rings. The van der Waals surface area contributed by atoms with E-state index in [2.05, 4.69) is 0 Å². The van der Waals surface area contributed by atoms with Crippen LogP contribution in [0.25, 0.3) is 0 Å². The van der Waals surface area contributed by atoms with Gasteiger partial charge in [0.2, 0.25) is 10.0 Å². The lowest BCUT2D eigenvalue weighted by molar-refractivity contribution is -0.385. The number of nitro groups is 1. The SMILES string of the molecule is Cc1ccc(C(=O)N2CCN(S(=O)(=O)c3cc([N+](=O)[O-])ccc3C)CC2)s1. The van der Waals surface area contributed by atoms with Gasteiger partial charge in [-0.2, -0.15) is 4.31 Å². The zero-order valence-corrected chi connectivity index (χ0v) is 16.5. The van der Waals surface area contributed by atoms with E-state index in [0.29, 0.717) is 10.4 Å². The van der Waals surface area contributed by atoms with Crippen molar-refractivity contribution in [1.29, 1.82) is 0 Å². The fourth-order valence-corrected chi connectivity index (χ4v) is 5.46. The molecule has 8 nitrogen and oxygen atoms in total. The maximum Gasteiger partial charge on any atom is 0.270 e. The highest BCUT2D eigenvalue weighted by Gasteiger charge is 2.32. The molecule has 0 bridgehead atoms. The molecule has 1 aromatic heterocycles. The van der Waals surface area contributed by atoms with E-state index in [1.54, 1.807) is 17.9 Å². The summed E-state index contributed by atoms with van der Waals surface area (Å²) in [6, 6.07) is 7.47. The maximum atomic E-state index is 12.9. The van der Waals surface area contributed by atoms with Gasteiger partial charge in [0.05, 0.1) is 14.7 Å². The van der Waals surface area contributed by atoms with Crippen molar-refractivity contribution in [3.63, 3.8) is 0 Å². The average Bonchev–Trinajstić information content (AvgIpc) is 3.07. The van der Waals surface area contributed by atoms with E-state index in [0.717, 1.165) is 10.9 Å². The first kappa shape index (κ1) is 19.5. The van der Waals surface area contributed by atoms with Gasteiger partial charge < -0.3 is 4.90 Å². The van der Waals surface area contributed by atoms with Crippen LogP contribution in [0.4, 0.5) is 5.69 Å². The predicted octanol–water partition coefficient (Wildman–Crippen LogP) is 2.42. The zero-order chi connectivity index (χ0) is 19.8. The van der Waals surface area contributed by atoms with Gasteiger partial charge >= 0.3 is 0 Å². The molecule has 1 saturated heterocycles. The molecule has 2 heterocycles. The summed E-state index contributed by atoms with van der Waals surface area (Å²) in [5.41, 5.74) is 0.189. The Morgan fingerprint density at radius 2 is 1.78 bits per heavy atom. The molecular weight excluding hydrogens is 390 g/mol. The van der Waals surface area contributed by atoms with Crippen molar-refractivity contribution in [2.24, 2.45) is 0 Å². The molecule has 0 atom stereocenters. The number of sulfonamides is 1. The smallest absolute Gasteiger partial charge is 0.270 e. The largest absolute Gasteiger partial charge is 0.335 e. The van der Waals surface area contributed by atoms with Crippen molar-refractivity contribution in [3.05, 3.63) is 55.8 Å². The van der Waals surface area contributed by atoms with Crippen molar-refractivity contribution in [2.45, 2.75) is 18.7 Å². The molecule has 1 aliphatic heterocycles. The summed E-state index contributed by atoms with van der Waals surface area (Å²) in [5, 5.41) is 11.0. The summed E-state index contributed by atoms with van der Waals surface area (Å²) in [6.07, 6.45) is 0. The van der Waals surface area contributed by atoms with Crippen LogP contribution in [0.5, 0.6) is 0 Å². The number of nitrogens with zero attached hydrogens (tertiary/aromatic N) is 3. The molecule has 0 unspecified atom stereocenters. The molecule has 0 saturated carbocycles. The molecule has 1 fully saturated rings. The fraction of sp³-hybridized carbons (Fsp3) is 0.353. The van der Waals surface area contributed by atoms with Gasteiger partial charge in [0, 0.05) is 43.2 Å². The summed E-state index contributed by atoms with van der Waals surface area (Å²) >= 11 is 1.41. The van der Waals surface area contributed by atoms with Crippen LogP contribution in [-0.2, 0) is 10.0 Å². The van der Waals surface area contributed by atoms with Crippen molar-refractivity contribution in [1.82, 2.24) is 9.21 Å². The van der Waals surface area contributed by atoms with E-state index in [1.165, 1.54) is 27.8 Å². The van der Waals surface area contributed by atoms with Gasteiger partial charge in [0.15, 0.2) is 0 Å². The number of aryl methyl sites for hydroxylation is 2. The third-order valence-electron chi connectivity index (χ3n) is 4.48. The van der Waals surface area contributed by atoms with E-state index in [-0.39, 0.29) is 42.7 Å². The Morgan fingerprint density at radius 3 is 2.33 bits per heavy atom. The molecule has 0 aliphatic carbocycles. The van der Waals surface area contributed by atoms with Gasteiger partial charge in [-0.25, -0.2) is 8.42 Å². The highest BCUT2D eigenvalue weighted by Crippen LogP contribution is 2.26. The van der Waals surface area contributed by atoms with Crippen LogP contribution in [0.2, 0.25) is 0 Å². The maximum absolute atomic E-state index is 12.9. The minimum atomic E-state index is -3.86. The summed E-state index contributed by atoms with van der Waals surface area (Å²) in [6.45, 7) is 4.40. The lowest BCUT2D eigenvalue weighted by atomic mass is 10.2. The number of piperazine rings is 1. The number of carbonyl (C=O) groups excluding carboxylic acids is 1. The molecule has 0 radical (unpaired) electrons. The van der Waals surface area contributed by atoms with Crippen LogP contribution < -0.4 is 0 Å². The van der Waals surface area contributed by atoms with Gasteiger partial charge in [-0.15, -0.1) is 11.3 Å². The highest BCUT2D eigenvalue weighted by atomic mass is 32.2. The second kappa shape index (κ2) is 7.37. The molecule has 27 heavy (non-hydrogen) atoms. The number of benzene rings is 1. The molecule has 0 N–H and O–H groups in total. The Hall–Kier alpha value is -2.30. The van der Waals surface area contributed by atoms with Crippen molar-refractivity contribution >= 4 is 33.0 Å². The van der Waals surface area contributed by atoms with Crippen molar-refractivity contribution < 1.29 is 18.1 Å².